The molecule has 0 spiro atoms. The molecule has 2 aromatic carbocycles. The average Bonchev–Trinajstić information content (AvgIpc) is 3.19. The number of anilines is 2. The molecule has 4 aromatic rings. The summed E-state index contributed by atoms with van der Waals surface area (Å²) in [5, 5.41) is 9.97. The third-order valence-corrected chi connectivity index (χ3v) is 7.46. The summed E-state index contributed by atoms with van der Waals surface area (Å²) >= 11 is 31.2. The van der Waals surface area contributed by atoms with Crippen molar-refractivity contribution < 1.29 is 18.7 Å². The topological polar surface area (TPSA) is 111 Å². The molecular formula is C23H14Cl5FN6O3. The lowest BCUT2D eigenvalue weighted by molar-refractivity contribution is -0.117. The fourth-order valence-corrected chi connectivity index (χ4v) is 5.58. The van der Waals surface area contributed by atoms with Crippen LogP contribution >= 0.6 is 58.0 Å². The molecule has 2 atom stereocenters. The summed E-state index contributed by atoms with van der Waals surface area (Å²) < 4.78 is 18.7. The van der Waals surface area contributed by atoms with Crippen LogP contribution in [-0.4, -0.2) is 42.8 Å². The number of ether oxygens (including phenoxy) is 1. The standard InChI is InChI=1S/C23H14Cl5FN6O3/c1-38-22-30-8-15(29)18-32-21(34-35(18)22)33-19(36)13-7-12(2-3-14(13)26)31-20(37)17-16(23(17,27)28)9-4-10(24)6-11(25)5-9/h2-8,16-17H,1H3,(H,31,37)(H,33,34,36). The second-order valence-corrected chi connectivity index (χ2v) is 11.0. The van der Waals surface area contributed by atoms with E-state index in [1.807, 2.05) is 0 Å². The summed E-state index contributed by atoms with van der Waals surface area (Å²) in [4.78, 5) is 33.7. The number of nitrogens with one attached hydrogen (secondary N) is 2. The zero-order valence-electron chi connectivity index (χ0n) is 19.0. The maximum absolute atomic E-state index is 14.1. The monoisotopic (exact) mass is 616 g/mol. The molecule has 0 radical (unpaired) electrons. The van der Waals surface area contributed by atoms with E-state index in [2.05, 4.69) is 25.7 Å². The molecule has 5 rings (SSSR count). The highest BCUT2D eigenvalue weighted by Crippen LogP contribution is 2.65. The number of benzene rings is 2. The minimum atomic E-state index is -1.38. The Hall–Kier alpha value is -2.89. The van der Waals surface area contributed by atoms with Crippen molar-refractivity contribution >= 4 is 87.1 Å². The molecule has 2 unspecified atom stereocenters. The fraction of sp³-hybridized carbons (Fsp3) is 0.174. The lowest BCUT2D eigenvalue weighted by atomic mass is 10.1. The number of halogens is 6. The fourth-order valence-electron chi connectivity index (χ4n) is 4.00. The smallest absolute Gasteiger partial charge is 0.319 e. The van der Waals surface area contributed by atoms with Crippen molar-refractivity contribution in [3.05, 3.63) is 74.6 Å². The number of hydrogen-bond donors (Lipinski definition) is 2. The van der Waals surface area contributed by atoms with Gasteiger partial charge in [0.2, 0.25) is 11.9 Å². The van der Waals surface area contributed by atoms with Crippen molar-refractivity contribution in [2.45, 2.75) is 10.3 Å². The van der Waals surface area contributed by atoms with E-state index in [4.69, 9.17) is 62.7 Å². The summed E-state index contributed by atoms with van der Waals surface area (Å²) in [6, 6.07) is 9.08. The van der Waals surface area contributed by atoms with Crippen LogP contribution in [0.5, 0.6) is 6.01 Å². The highest BCUT2D eigenvalue weighted by molar-refractivity contribution is 6.53. The van der Waals surface area contributed by atoms with Gasteiger partial charge >= 0.3 is 6.01 Å². The van der Waals surface area contributed by atoms with Crippen molar-refractivity contribution in [3.8, 4) is 6.01 Å². The number of carbonyl (C=O) groups excluding carboxylic acids is 2. The van der Waals surface area contributed by atoms with E-state index in [0.29, 0.717) is 15.6 Å². The predicted octanol–water partition coefficient (Wildman–Crippen LogP) is 6.01. The minimum Gasteiger partial charge on any atom is -0.467 e. The number of rotatable bonds is 6. The molecule has 2 amide bonds. The molecular weight excluding hydrogens is 605 g/mol. The van der Waals surface area contributed by atoms with Crippen molar-refractivity contribution in [1.29, 1.82) is 0 Å². The number of aromatic nitrogens is 4. The van der Waals surface area contributed by atoms with Gasteiger partial charge in [0.25, 0.3) is 5.91 Å². The Labute approximate surface area is 239 Å². The molecule has 2 heterocycles. The quantitative estimate of drug-likeness (QED) is 0.256. The zero-order valence-corrected chi connectivity index (χ0v) is 22.8. The molecule has 0 saturated heterocycles. The molecule has 1 fully saturated rings. The molecule has 1 saturated carbocycles. The molecule has 9 nitrogen and oxygen atoms in total. The SMILES string of the molecule is COc1ncc(F)c2nc(NC(=O)c3cc(NC(=O)C4C(c5cc(Cl)cc(Cl)c5)C4(Cl)Cl)ccc3Cl)nn12. The summed E-state index contributed by atoms with van der Waals surface area (Å²) in [6.07, 6.45) is 0.916. The van der Waals surface area contributed by atoms with Crippen LogP contribution in [0.1, 0.15) is 21.8 Å². The van der Waals surface area contributed by atoms with Gasteiger partial charge in [0.15, 0.2) is 11.5 Å². The molecule has 2 N–H and O–H groups in total. The van der Waals surface area contributed by atoms with E-state index in [-0.39, 0.29) is 33.9 Å². The zero-order chi connectivity index (χ0) is 27.4. The largest absolute Gasteiger partial charge is 0.467 e. The van der Waals surface area contributed by atoms with Crippen LogP contribution in [0.4, 0.5) is 16.0 Å². The molecule has 38 heavy (non-hydrogen) atoms. The molecule has 0 aliphatic heterocycles. The third kappa shape index (κ3) is 4.94. The lowest BCUT2D eigenvalue weighted by Crippen LogP contribution is -2.18. The maximum Gasteiger partial charge on any atom is 0.319 e. The van der Waals surface area contributed by atoms with Gasteiger partial charge in [-0.1, -0.05) is 34.8 Å². The van der Waals surface area contributed by atoms with Gasteiger partial charge in [-0.2, -0.15) is 9.50 Å². The summed E-state index contributed by atoms with van der Waals surface area (Å²) in [5.74, 6) is -3.55. The van der Waals surface area contributed by atoms with Crippen LogP contribution in [0, 0.1) is 11.7 Å². The van der Waals surface area contributed by atoms with E-state index < -0.39 is 33.8 Å². The Morgan fingerprint density at radius 1 is 1.08 bits per heavy atom. The molecule has 1 aliphatic carbocycles. The minimum absolute atomic E-state index is 0.00846. The molecule has 2 aromatic heterocycles. The summed E-state index contributed by atoms with van der Waals surface area (Å²) in [7, 11) is 1.33. The Morgan fingerprint density at radius 3 is 2.47 bits per heavy atom. The molecule has 0 bridgehead atoms. The van der Waals surface area contributed by atoms with Gasteiger partial charge in [-0.25, -0.2) is 9.37 Å². The number of hydrogen-bond acceptors (Lipinski definition) is 6. The van der Waals surface area contributed by atoms with Gasteiger partial charge in [0.05, 0.1) is 29.8 Å². The van der Waals surface area contributed by atoms with Crippen LogP contribution in [0.15, 0.2) is 42.6 Å². The Morgan fingerprint density at radius 2 is 1.79 bits per heavy atom. The van der Waals surface area contributed by atoms with Gasteiger partial charge < -0.3 is 10.1 Å². The predicted molar refractivity (Wildman–Crippen MR) is 142 cm³/mol. The van der Waals surface area contributed by atoms with E-state index in [0.717, 1.165) is 10.7 Å². The van der Waals surface area contributed by atoms with Crippen LogP contribution in [-0.2, 0) is 4.79 Å². The van der Waals surface area contributed by atoms with Crippen molar-refractivity contribution in [3.63, 3.8) is 0 Å². The number of fused-ring (bicyclic) bond motifs is 1. The van der Waals surface area contributed by atoms with E-state index in [9.17, 15) is 14.0 Å². The number of methoxy groups -OCH3 is 1. The highest BCUT2D eigenvalue weighted by Gasteiger charge is 2.67. The number of alkyl halides is 2. The Balaban J connectivity index is 1.34. The first-order valence-electron chi connectivity index (χ1n) is 10.7. The van der Waals surface area contributed by atoms with Crippen molar-refractivity contribution in [2.75, 3.05) is 17.7 Å². The molecule has 196 valence electrons. The van der Waals surface area contributed by atoms with E-state index in [1.54, 1.807) is 18.2 Å². The third-order valence-electron chi connectivity index (χ3n) is 5.76. The van der Waals surface area contributed by atoms with Gasteiger partial charge in [0.1, 0.15) is 4.33 Å². The van der Waals surface area contributed by atoms with Crippen molar-refractivity contribution in [1.82, 2.24) is 19.6 Å². The van der Waals surface area contributed by atoms with Crippen LogP contribution < -0.4 is 15.4 Å². The first kappa shape index (κ1) is 26.7. The lowest BCUT2D eigenvalue weighted by Gasteiger charge is -2.09. The van der Waals surface area contributed by atoms with Crippen LogP contribution in [0.25, 0.3) is 5.65 Å². The first-order chi connectivity index (χ1) is 18.0. The second-order valence-electron chi connectivity index (χ2n) is 8.23. The average molecular weight is 619 g/mol. The normalized spacial score (nSPS) is 17.8. The van der Waals surface area contributed by atoms with E-state index >= 15 is 0 Å². The Bertz CT molecular complexity index is 1590. The highest BCUT2D eigenvalue weighted by atomic mass is 35.5. The van der Waals surface area contributed by atoms with Crippen LogP contribution in [0.3, 0.4) is 0 Å². The number of nitrogens with zero attached hydrogens (tertiary/aromatic N) is 4. The van der Waals surface area contributed by atoms with Gasteiger partial charge in [-0.15, -0.1) is 28.3 Å². The first-order valence-corrected chi connectivity index (χ1v) is 12.6. The Kier molecular flexibility index (Phi) is 7.04. The summed E-state index contributed by atoms with van der Waals surface area (Å²) in [6.45, 7) is 0. The van der Waals surface area contributed by atoms with Crippen molar-refractivity contribution in [2.24, 2.45) is 5.92 Å². The summed E-state index contributed by atoms with van der Waals surface area (Å²) in [5.41, 5.74) is 0.658. The molecule has 1 aliphatic rings. The van der Waals surface area contributed by atoms with E-state index in [1.165, 1.54) is 25.3 Å². The van der Waals surface area contributed by atoms with Gasteiger partial charge in [-0.3, -0.25) is 14.9 Å². The van der Waals surface area contributed by atoms with Gasteiger partial charge in [-0.05, 0) is 42.0 Å². The van der Waals surface area contributed by atoms with Crippen LogP contribution in [0.2, 0.25) is 15.1 Å². The number of amides is 2. The second kappa shape index (κ2) is 10.0. The number of carbonyl (C=O) groups is 2. The van der Waals surface area contributed by atoms with Gasteiger partial charge in [0, 0.05) is 21.7 Å². The maximum atomic E-state index is 14.1. The molecule has 15 heteroatoms.